The average Bonchev–Trinajstić information content (AvgIpc) is 3.14. The summed E-state index contributed by atoms with van der Waals surface area (Å²) in [6, 6.07) is 18.5. The Morgan fingerprint density at radius 1 is 1.00 bits per heavy atom. The molecule has 1 heterocycles. The Morgan fingerprint density at radius 2 is 1.67 bits per heavy atom. The van der Waals surface area contributed by atoms with Gasteiger partial charge in [-0.15, -0.1) is 0 Å². The number of carbonyl (C=O) groups excluding carboxylic acids is 2. The lowest BCUT2D eigenvalue weighted by Crippen LogP contribution is -2.39. The van der Waals surface area contributed by atoms with E-state index in [-0.39, 0.29) is 12.5 Å². The lowest BCUT2D eigenvalue weighted by molar-refractivity contribution is -0.134. The zero-order valence-electron chi connectivity index (χ0n) is 12.7. The molecule has 0 aliphatic heterocycles. The van der Waals surface area contributed by atoms with Gasteiger partial charge in [0.2, 0.25) is 5.95 Å². The van der Waals surface area contributed by atoms with E-state index in [0.29, 0.717) is 5.69 Å². The molecule has 120 valence electrons. The van der Waals surface area contributed by atoms with E-state index in [0.717, 1.165) is 5.56 Å². The molecule has 0 radical (unpaired) electrons. The Bertz CT molecular complexity index is 804. The normalized spacial score (nSPS) is 10.2. The summed E-state index contributed by atoms with van der Waals surface area (Å²) in [5.41, 5.74) is 1.56. The summed E-state index contributed by atoms with van der Waals surface area (Å²) in [7, 11) is 0. The predicted molar refractivity (Wildman–Crippen MR) is 89.1 cm³/mol. The number of benzene rings is 2. The van der Waals surface area contributed by atoms with Crippen LogP contribution in [0.5, 0.6) is 0 Å². The lowest BCUT2D eigenvalue weighted by atomic mass is 10.2. The van der Waals surface area contributed by atoms with Crippen LogP contribution in [-0.4, -0.2) is 27.0 Å². The van der Waals surface area contributed by atoms with E-state index in [4.69, 9.17) is 0 Å². The van der Waals surface area contributed by atoms with Gasteiger partial charge in [-0.05, 0) is 17.7 Å². The minimum absolute atomic E-state index is 0.126. The van der Waals surface area contributed by atoms with Gasteiger partial charge in [0.1, 0.15) is 6.33 Å². The molecule has 7 nitrogen and oxygen atoms in total. The molecule has 24 heavy (non-hydrogen) atoms. The molecule has 2 N–H and O–H groups in total. The fourth-order valence-corrected chi connectivity index (χ4v) is 2.20. The zero-order valence-corrected chi connectivity index (χ0v) is 12.7. The van der Waals surface area contributed by atoms with Gasteiger partial charge in [-0.25, -0.2) is 5.10 Å². The van der Waals surface area contributed by atoms with Crippen molar-refractivity contribution in [2.75, 3.05) is 10.2 Å². The van der Waals surface area contributed by atoms with Crippen LogP contribution in [0.25, 0.3) is 0 Å². The molecule has 0 bridgehead atoms. The Labute approximate surface area is 138 Å². The van der Waals surface area contributed by atoms with E-state index >= 15 is 0 Å². The molecular weight excluding hydrogens is 306 g/mol. The van der Waals surface area contributed by atoms with Crippen LogP contribution in [0.2, 0.25) is 0 Å². The van der Waals surface area contributed by atoms with E-state index in [9.17, 15) is 9.59 Å². The minimum atomic E-state index is -0.786. The van der Waals surface area contributed by atoms with Gasteiger partial charge >= 0.3 is 11.8 Å². The van der Waals surface area contributed by atoms with Crippen LogP contribution in [0.15, 0.2) is 67.0 Å². The van der Waals surface area contributed by atoms with Crippen LogP contribution in [0, 0.1) is 0 Å². The molecule has 0 spiro atoms. The Kier molecular flexibility index (Phi) is 4.62. The van der Waals surface area contributed by atoms with Crippen molar-refractivity contribution < 1.29 is 9.59 Å². The summed E-state index contributed by atoms with van der Waals surface area (Å²) in [6.45, 7) is 0.285. The van der Waals surface area contributed by atoms with Crippen LogP contribution in [0.1, 0.15) is 5.56 Å². The van der Waals surface area contributed by atoms with Crippen LogP contribution in [0.3, 0.4) is 0 Å². The Hall–Kier alpha value is -3.48. The highest BCUT2D eigenvalue weighted by molar-refractivity contribution is 6.44. The topological polar surface area (TPSA) is 91.0 Å². The molecule has 0 aliphatic carbocycles. The first-order chi connectivity index (χ1) is 11.7. The maximum atomic E-state index is 12.6. The fraction of sp³-hybridized carbons (Fsp3) is 0.0588. The van der Waals surface area contributed by atoms with Gasteiger partial charge in [0.05, 0.1) is 6.54 Å². The van der Waals surface area contributed by atoms with Gasteiger partial charge in [-0.3, -0.25) is 19.8 Å². The van der Waals surface area contributed by atoms with Gasteiger partial charge < -0.3 is 0 Å². The molecule has 3 rings (SSSR count). The van der Waals surface area contributed by atoms with Crippen molar-refractivity contribution in [2.45, 2.75) is 6.54 Å². The third kappa shape index (κ3) is 3.64. The first kappa shape index (κ1) is 15.4. The highest BCUT2D eigenvalue weighted by Gasteiger charge is 2.24. The number of aromatic amines is 1. The van der Waals surface area contributed by atoms with Gasteiger partial charge in [0, 0.05) is 5.69 Å². The van der Waals surface area contributed by atoms with E-state index in [2.05, 4.69) is 20.5 Å². The van der Waals surface area contributed by atoms with Crippen molar-refractivity contribution >= 4 is 23.5 Å². The molecule has 2 aromatic carbocycles. The van der Waals surface area contributed by atoms with Gasteiger partial charge in [-0.2, -0.15) is 10.1 Å². The van der Waals surface area contributed by atoms with Gasteiger partial charge in [-0.1, -0.05) is 48.5 Å². The minimum Gasteiger partial charge on any atom is -0.300 e. The van der Waals surface area contributed by atoms with E-state index < -0.39 is 11.8 Å². The standard InChI is InChI=1S/C17H15N5O2/c23-15(20-17-18-12-19-21-17)16(24)22(14-9-5-2-6-10-14)11-13-7-3-1-4-8-13/h1-10,12H,11H2,(H2,18,19,20,21,23). The molecule has 0 saturated carbocycles. The number of nitrogens with one attached hydrogen (secondary N) is 2. The number of rotatable bonds is 4. The summed E-state index contributed by atoms with van der Waals surface area (Å²) in [4.78, 5) is 30.1. The third-order valence-corrected chi connectivity index (χ3v) is 3.34. The summed E-state index contributed by atoms with van der Waals surface area (Å²) < 4.78 is 0. The van der Waals surface area contributed by atoms with Crippen molar-refractivity contribution in [1.29, 1.82) is 0 Å². The maximum Gasteiger partial charge on any atom is 0.317 e. The monoisotopic (exact) mass is 321 g/mol. The average molecular weight is 321 g/mol. The highest BCUT2D eigenvalue weighted by atomic mass is 16.2. The maximum absolute atomic E-state index is 12.6. The van der Waals surface area contributed by atoms with E-state index in [1.54, 1.807) is 12.1 Å². The quantitative estimate of drug-likeness (QED) is 0.719. The highest BCUT2D eigenvalue weighted by Crippen LogP contribution is 2.17. The number of para-hydroxylation sites is 1. The van der Waals surface area contributed by atoms with Crippen LogP contribution in [-0.2, 0) is 16.1 Å². The number of amides is 2. The van der Waals surface area contributed by atoms with Crippen molar-refractivity contribution in [3.05, 3.63) is 72.6 Å². The molecular formula is C17H15N5O2. The molecule has 0 saturated heterocycles. The summed E-state index contributed by atoms with van der Waals surface area (Å²) in [6.07, 6.45) is 1.25. The van der Waals surface area contributed by atoms with Crippen LogP contribution >= 0.6 is 0 Å². The van der Waals surface area contributed by atoms with Crippen LogP contribution < -0.4 is 10.2 Å². The second-order valence-corrected chi connectivity index (χ2v) is 5.00. The Balaban J connectivity index is 1.83. The molecule has 1 aromatic heterocycles. The smallest absolute Gasteiger partial charge is 0.300 e. The summed E-state index contributed by atoms with van der Waals surface area (Å²) in [5, 5.41) is 8.52. The first-order valence-electron chi connectivity index (χ1n) is 7.31. The first-order valence-corrected chi connectivity index (χ1v) is 7.31. The molecule has 3 aromatic rings. The second-order valence-electron chi connectivity index (χ2n) is 5.00. The third-order valence-electron chi connectivity index (χ3n) is 3.34. The molecule has 0 unspecified atom stereocenters. The summed E-state index contributed by atoms with van der Waals surface area (Å²) in [5.74, 6) is -1.34. The number of hydrogen-bond acceptors (Lipinski definition) is 4. The number of carbonyl (C=O) groups is 2. The number of aromatic nitrogens is 3. The fourth-order valence-electron chi connectivity index (χ4n) is 2.20. The number of anilines is 2. The van der Waals surface area contributed by atoms with Crippen molar-refractivity contribution in [2.24, 2.45) is 0 Å². The predicted octanol–water partition coefficient (Wildman–Crippen LogP) is 1.98. The van der Waals surface area contributed by atoms with Crippen LogP contribution in [0.4, 0.5) is 11.6 Å². The van der Waals surface area contributed by atoms with E-state index in [1.807, 2.05) is 48.5 Å². The molecule has 0 atom stereocenters. The van der Waals surface area contributed by atoms with Crippen molar-refractivity contribution in [3.8, 4) is 0 Å². The molecule has 2 amide bonds. The van der Waals surface area contributed by atoms with Gasteiger partial charge in [0.25, 0.3) is 0 Å². The SMILES string of the molecule is O=C(Nc1ncn[nH]1)C(=O)N(Cc1ccccc1)c1ccccc1. The van der Waals surface area contributed by atoms with Gasteiger partial charge in [0.15, 0.2) is 0 Å². The largest absolute Gasteiger partial charge is 0.317 e. The van der Waals surface area contributed by atoms with E-state index in [1.165, 1.54) is 11.2 Å². The Morgan fingerprint density at radius 3 is 2.29 bits per heavy atom. The second kappa shape index (κ2) is 7.19. The zero-order chi connectivity index (χ0) is 16.8. The molecule has 0 fully saturated rings. The lowest BCUT2D eigenvalue weighted by Gasteiger charge is -2.22. The molecule has 7 heteroatoms. The summed E-state index contributed by atoms with van der Waals surface area (Å²) >= 11 is 0. The molecule has 0 aliphatic rings. The van der Waals surface area contributed by atoms with Crippen molar-refractivity contribution in [1.82, 2.24) is 15.2 Å². The number of nitrogens with zero attached hydrogens (tertiary/aromatic N) is 3. The number of hydrogen-bond donors (Lipinski definition) is 2. The van der Waals surface area contributed by atoms with Crippen molar-refractivity contribution in [3.63, 3.8) is 0 Å². The number of H-pyrrole nitrogens is 1.